The Labute approximate surface area is 150 Å². The Balaban J connectivity index is 0.00000288. The maximum atomic E-state index is 12.4. The summed E-state index contributed by atoms with van der Waals surface area (Å²) in [5.41, 5.74) is 8.34. The fraction of sp³-hybridized carbons (Fsp3) is 0.611. The van der Waals surface area contributed by atoms with Gasteiger partial charge < -0.3 is 20.1 Å². The molecule has 2 N–H and O–H groups in total. The summed E-state index contributed by atoms with van der Waals surface area (Å²) in [6.45, 7) is 8.46. The van der Waals surface area contributed by atoms with Crippen LogP contribution in [0.25, 0.3) is 0 Å². The highest BCUT2D eigenvalue weighted by atomic mass is 35.5. The van der Waals surface area contributed by atoms with Crippen LogP contribution >= 0.6 is 12.4 Å². The van der Waals surface area contributed by atoms with E-state index in [1.54, 1.807) is 0 Å². The molecule has 1 heterocycles. The zero-order valence-corrected chi connectivity index (χ0v) is 15.7. The van der Waals surface area contributed by atoms with Gasteiger partial charge >= 0.3 is 0 Å². The summed E-state index contributed by atoms with van der Waals surface area (Å²) in [4.78, 5) is 14.3. The number of halogens is 1. The van der Waals surface area contributed by atoms with Crippen molar-refractivity contribution in [3.63, 3.8) is 0 Å². The number of nitrogens with two attached hydrogens (primary N) is 1. The number of hydrogen-bond donors (Lipinski definition) is 1. The maximum Gasteiger partial charge on any atom is 0.239 e. The molecule has 1 aromatic carbocycles. The van der Waals surface area contributed by atoms with Crippen molar-refractivity contribution in [1.82, 2.24) is 4.90 Å². The number of nitrogens with zero attached hydrogens (tertiary/aromatic N) is 1. The van der Waals surface area contributed by atoms with Crippen LogP contribution in [-0.4, -0.2) is 36.6 Å². The molecular weight excluding hydrogens is 328 g/mol. The Bertz CT molecular complexity index is 551. The van der Waals surface area contributed by atoms with E-state index in [4.69, 9.17) is 15.2 Å². The smallest absolute Gasteiger partial charge is 0.239 e. The van der Waals surface area contributed by atoms with Crippen molar-refractivity contribution in [2.75, 3.05) is 19.8 Å². The van der Waals surface area contributed by atoms with Crippen LogP contribution in [-0.2, 0) is 17.8 Å². The number of benzene rings is 1. The lowest BCUT2D eigenvalue weighted by molar-refractivity contribution is -0.133. The molecule has 0 bridgehead atoms. The lowest BCUT2D eigenvalue weighted by Gasteiger charge is -2.31. The van der Waals surface area contributed by atoms with E-state index in [9.17, 15) is 4.79 Å². The van der Waals surface area contributed by atoms with Gasteiger partial charge in [0.05, 0.1) is 19.3 Å². The van der Waals surface area contributed by atoms with Crippen molar-refractivity contribution in [3.8, 4) is 11.5 Å². The first-order valence-electron chi connectivity index (χ1n) is 8.56. The van der Waals surface area contributed by atoms with E-state index in [0.717, 1.165) is 36.3 Å². The molecule has 0 aliphatic carbocycles. The monoisotopic (exact) mass is 356 g/mol. The van der Waals surface area contributed by atoms with E-state index in [2.05, 4.69) is 6.07 Å². The number of amides is 1. The fourth-order valence-electron chi connectivity index (χ4n) is 2.96. The molecule has 0 fully saturated rings. The number of rotatable bonds is 7. The number of ether oxygens (including phenoxy) is 2. The van der Waals surface area contributed by atoms with Crippen LogP contribution in [0.5, 0.6) is 11.5 Å². The van der Waals surface area contributed by atoms with Crippen LogP contribution in [0.1, 0.15) is 44.7 Å². The molecule has 6 heteroatoms. The first kappa shape index (κ1) is 20.6. The second-order valence-corrected chi connectivity index (χ2v) is 5.84. The van der Waals surface area contributed by atoms with E-state index >= 15 is 0 Å². The molecule has 2 rings (SSSR count). The quantitative estimate of drug-likeness (QED) is 0.815. The van der Waals surface area contributed by atoms with Gasteiger partial charge in [-0.3, -0.25) is 4.79 Å². The van der Waals surface area contributed by atoms with Crippen molar-refractivity contribution >= 4 is 18.3 Å². The highest BCUT2D eigenvalue weighted by Crippen LogP contribution is 2.34. The molecule has 0 aromatic heterocycles. The van der Waals surface area contributed by atoms with Crippen molar-refractivity contribution in [3.05, 3.63) is 23.3 Å². The third-order valence-electron chi connectivity index (χ3n) is 4.11. The predicted molar refractivity (Wildman–Crippen MR) is 98.0 cm³/mol. The Hall–Kier alpha value is -1.46. The molecule has 0 radical (unpaired) electrons. The molecule has 1 amide bonds. The Morgan fingerprint density at radius 3 is 2.29 bits per heavy atom. The summed E-state index contributed by atoms with van der Waals surface area (Å²) in [6, 6.07) is 3.67. The fourth-order valence-corrected chi connectivity index (χ4v) is 2.96. The van der Waals surface area contributed by atoms with Gasteiger partial charge in [-0.05, 0) is 49.9 Å². The minimum absolute atomic E-state index is 0. The zero-order valence-electron chi connectivity index (χ0n) is 14.8. The number of carbonyl (C=O) groups excluding carboxylic acids is 1. The van der Waals surface area contributed by atoms with Crippen LogP contribution in [0.15, 0.2) is 12.1 Å². The second-order valence-electron chi connectivity index (χ2n) is 5.84. The van der Waals surface area contributed by atoms with Crippen molar-refractivity contribution in [1.29, 1.82) is 0 Å². The van der Waals surface area contributed by atoms with Gasteiger partial charge in [-0.15, -0.1) is 12.4 Å². The Kier molecular flexibility index (Phi) is 8.36. The molecule has 136 valence electrons. The molecule has 1 aromatic rings. The van der Waals surface area contributed by atoms with E-state index < -0.39 is 6.04 Å². The van der Waals surface area contributed by atoms with Crippen molar-refractivity contribution in [2.45, 2.75) is 52.6 Å². The van der Waals surface area contributed by atoms with Gasteiger partial charge in [0.2, 0.25) is 5.91 Å². The number of hydrogen-bond acceptors (Lipinski definition) is 4. The summed E-state index contributed by atoms with van der Waals surface area (Å²) in [5.74, 6) is 1.58. The lowest BCUT2D eigenvalue weighted by Crippen LogP contribution is -2.45. The number of fused-ring (bicyclic) bond motifs is 1. The molecule has 1 unspecified atom stereocenters. The first-order valence-corrected chi connectivity index (χ1v) is 8.56. The van der Waals surface area contributed by atoms with Gasteiger partial charge in [-0.2, -0.15) is 0 Å². The van der Waals surface area contributed by atoms with Crippen LogP contribution in [0, 0.1) is 0 Å². The van der Waals surface area contributed by atoms with Crippen LogP contribution in [0.2, 0.25) is 0 Å². The standard InChI is InChI=1S/C18H28N2O3.ClH/c1-4-7-15(19)18(21)20-9-8-13-10-16(22-5-2)17(23-6-3)11-14(13)12-20;/h10-11,15H,4-9,12,19H2,1-3H3;1H. The average molecular weight is 357 g/mol. The second kappa shape index (κ2) is 9.74. The average Bonchev–Trinajstić information content (AvgIpc) is 2.55. The van der Waals surface area contributed by atoms with E-state index in [1.807, 2.05) is 31.7 Å². The molecule has 0 spiro atoms. The summed E-state index contributed by atoms with van der Waals surface area (Å²) < 4.78 is 11.4. The van der Waals surface area contributed by atoms with Crippen molar-refractivity contribution < 1.29 is 14.3 Å². The SMILES string of the molecule is CCCC(N)C(=O)N1CCc2cc(OCC)c(OCC)cc2C1.Cl. The van der Waals surface area contributed by atoms with Crippen LogP contribution < -0.4 is 15.2 Å². The minimum atomic E-state index is -0.393. The normalized spacial score (nSPS) is 14.4. The van der Waals surface area contributed by atoms with E-state index in [1.165, 1.54) is 5.56 Å². The minimum Gasteiger partial charge on any atom is -0.490 e. The topological polar surface area (TPSA) is 64.8 Å². The summed E-state index contributed by atoms with van der Waals surface area (Å²) in [5, 5.41) is 0. The number of carbonyl (C=O) groups is 1. The third-order valence-corrected chi connectivity index (χ3v) is 4.11. The molecule has 1 aliphatic heterocycles. The highest BCUT2D eigenvalue weighted by Gasteiger charge is 2.26. The van der Waals surface area contributed by atoms with Crippen molar-refractivity contribution in [2.24, 2.45) is 5.73 Å². The largest absolute Gasteiger partial charge is 0.490 e. The molecule has 0 saturated carbocycles. The molecule has 0 saturated heterocycles. The van der Waals surface area contributed by atoms with E-state index in [-0.39, 0.29) is 18.3 Å². The van der Waals surface area contributed by atoms with Crippen LogP contribution in [0.4, 0.5) is 0 Å². The molecular formula is C18H29ClN2O3. The lowest BCUT2D eigenvalue weighted by atomic mass is 9.98. The Morgan fingerprint density at radius 2 is 1.75 bits per heavy atom. The first-order chi connectivity index (χ1) is 11.1. The van der Waals surface area contributed by atoms with Gasteiger partial charge in [-0.1, -0.05) is 13.3 Å². The van der Waals surface area contributed by atoms with Gasteiger partial charge in [-0.25, -0.2) is 0 Å². The van der Waals surface area contributed by atoms with Crippen LogP contribution in [0.3, 0.4) is 0 Å². The van der Waals surface area contributed by atoms with Gasteiger partial charge in [0.1, 0.15) is 0 Å². The molecule has 1 atom stereocenters. The highest BCUT2D eigenvalue weighted by molar-refractivity contribution is 5.85. The summed E-state index contributed by atoms with van der Waals surface area (Å²) >= 11 is 0. The third kappa shape index (κ3) is 4.77. The molecule has 5 nitrogen and oxygen atoms in total. The van der Waals surface area contributed by atoms with E-state index in [0.29, 0.717) is 26.3 Å². The molecule has 24 heavy (non-hydrogen) atoms. The summed E-state index contributed by atoms with van der Waals surface area (Å²) in [6.07, 6.45) is 2.48. The van der Waals surface area contributed by atoms with Gasteiger partial charge in [0.25, 0.3) is 0 Å². The van der Waals surface area contributed by atoms with Gasteiger partial charge in [0, 0.05) is 13.1 Å². The zero-order chi connectivity index (χ0) is 16.8. The molecule has 1 aliphatic rings. The maximum absolute atomic E-state index is 12.4. The van der Waals surface area contributed by atoms with Gasteiger partial charge in [0.15, 0.2) is 11.5 Å². The summed E-state index contributed by atoms with van der Waals surface area (Å²) in [7, 11) is 0. The Morgan fingerprint density at radius 1 is 1.17 bits per heavy atom. The predicted octanol–water partition coefficient (Wildman–Crippen LogP) is 2.92.